The van der Waals surface area contributed by atoms with E-state index in [0.29, 0.717) is 0 Å². The van der Waals surface area contributed by atoms with E-state index in [4.69, 9.17) is 9.72 Å². The summed E-state index contributed by atoms with van der Waals surface area (Å²) in [6, 6.07) is 75.1. The number of para-hydroxylation sites is 3. The van der Waals surface area contributed by atoms with Crippen LogP contribution in [0.4, 0.5) is 22.7 Å². The number of hydrogen-bond donors (Lipinski definition) is 0. The van der Waals surface area contributed by atoms with E-state index >= 15 is 0 Å². The standard InChI is InChI=1S/C62H52N4O/c1-61(2,3)45-24-15-23-44(37-45)52-30-18-32-56-60(52)65(59-50(42-19-9-7-10-20-42)28-17-29-51(59)43-21-11-8-12-22-43)41-64(56)47-25-16-26-48(39-47)67-49-33-34-54-53-27-13-14-31-55(53)66(57(54)40-49)58-38-46(35-36-63-58)62(4,5)6/h7-40H,1-6H3/q+2. The summed E-state index contributed by atoms with van der Waals surface area (Å²) in [5.41, 5.74) is 15.5. The highest BCUT2D eigenvalue weighted by molar-refractivity contribution is 6.09. The van der Waals surface area contributed by atoms with Gasteiger partial charge >= 0.3 is 11.7 Å². The Morgan fingerprint density at radius 2 is 1.03 bits per heavy atom. The lowest BCUT2D eigenvalue weighted by Crippen LogP contribution is -2.12. The molecule has 0 unspecified atom stereocenters. The Morgan fingerprint density at radius 1 is 0.448 bits per heavy atom. The van der Waals surface area contributed by atoms with E-state index in [0.717, 1.165) is 89.9 Å². The van der Waals surface area contributed by atoms with Crippen LogP contribution in [0, 0.1) is 0 Å². The number of nitrogens with zero attached hydrogens (tertiary/aromatic N) is 4. The van der Waals surface area contributed by atoms with Gasteiger partial charge in [-0.3, -0.25) is 4.57 Å². The molecule has 0 radical (unpaired) electrons. The van der Waals surface area contributed by atoms with E-state index in [-0.39, 0.29) is 10.8 Å². The van der Waals surface area contributed by atoms with Crippen LogP contribution in [0.15, 0.2) is 206 Å². The van der Waals surface area contributed by atoms with Crippen LogP contribution in [0.5, 0.6) is 11.5 Å². The lowest BCUT2D eigenvalue weighted by atomic mass is 9.85. The van der Waals surface area contributed by atoms with Crippen molar-refractivity contribution in [1.29, 1.82) is 0 Å². The quantitative estimate of drug-likeness (QED) is 0.143. The summed E-state index contributed by atoms with van der Waals surface area (Å²) >= 11 is 0. The van der Waals surface area contributed by atoms with Crippen molar-refractivity contribution in [1.82, 2.24) is 18.7 Å². The highest BCUT2D eigenvalue weighted by atomic mass is 16.5. The molecule has 5 heteroatoms. The van der Waals surface area contributed by atoms with Crippen molar-refractivity contribution < 1.29 is 4.74 Å². The molecule has 0 saturated heterocycles. The number of pyridine rings is 1. The predicted molar refractivity (Wildman–Crippen MR) is 280 cm³/mol. The van der Waals surface area contributed by atoms with Gasteiger partial charge in [-0.05, 0) is 102 Å². The summed E-state index contributed by atoms with van der Waals surface area (Å²) in [6.45, 7) is 13.5. The van der Waals surface area contributed by atoms with Crippen molar-refractivity contribution in [2.75, 3.05) is 0 Å². The highest BCUT2D eigenvalue weighted by Gasteiger charge is 2.42. The van der Waals surface area contributed by atoms with E-state index < -0.39 is 0 Å². The van der Waals surface area contributed by atoms with Crippen molar-refractivity contribution in [3.8, 4) is 50.7 Å². The predicted octanol–water partition coefficient (Wildman–Crippen LogP) is 16.4. The summed E-state index contributed by atoms with van der Waals surface area (Å²) in [7, 11) is 0. The number of hydrogen-bond acceptors (Lipinski definition) is 2. The molecule has 10 aromatic rings. The maximum Gasteiger partial charge on any atom is 0.503 e. The van der Waals surface area contributed by atoms with E-state index in [1.165, 1.54) is 16.5 Å². The molecule has 0 aliphatic carbocycles. The largest absolute Gasteiger partial charge is 0.503 e. The normalized spacial score (nSPS) is 12.6. The smallest absolute Gasteiger partial charge is 0.457 e. The van der Waals surface area contributed by atoms with Gasteiger partial charge in [-0.25, -0.2) is 4.98 Å². The molecule has 0 saturated carbocycles. The van der Waals surface area contributed by atoms with Crippen LogP contribution in [-0.2, 0) is 10.8 Å². The maximum atomic E-state index is 6.84. The zero-order chi connectivity index (χ0) is 45.9. The second-order valence-electron chi connectivity index (χ2n) is 19.5. The van der Waals surface area contributed by atoms with Crippen LogP contribution in [0.3, 0.4) is 0 Å². The van der Waals surface area contributed by atoms with Crippen molar-refractivity contribution in [3.63, 3.8) is 0 Å². The van der Waals surface area contributed by atoms with Crippen molar-refractivity contribution in [3.05, 3.63) is 218 Å². The third-order valence-corrected chi connectivity index (χ3v) is 12.9. The van der Waals surface area contributed by atoms with Crippen LogP contribution in [0.2, 0.25) is 0 Å². The third-order valence-electron chi connectivity index (χ3n) is 12.9. The lowest BCUT2D eigenvalue weighted by molar-refractivity contribution is 0.483. The Balaban J connectivity index is 1.09. The molecule has 1 aliphatic rings. The fourth-order valence-corrected chi connectivity index (χ4v) is 9.47. The molecule has 1 aliphatic heterocycles. The van der Waals surface area contributed by atoms with Crippen LogP contribution in [0.25, 0.3) is 61.0 Å². The van der Waals surface area contributed by atoms with Crippen LogP contribution in [-0.4, -0.2) is 15.6 Å². The summed E-state index contributed by atoms with van der Waals surface area (Å²) in [6.07, 6.45) is 1.92. The van der Waals surface area contributed by atoms with Gasteiger partial charge in [0.1, 0.15) is 17.3 Å². The van der Waals surface area contributed by atoms with Crippen LogP contribution >= 0.6 is 0 Å². The molecular formula is C62H52N4O+2. The minimum absolute atomic E-state index is 0.0198. The zero-order valence-electron chi connectivity index (χ0n) is 38.8. The topological polar surface area (TPSA) is 33.1 Å². The van der Waals surface area contributed by atoms with Gasteiger partial charge in [0.25, 0.3) is 5.69 Å². The average Bonchev–Trinajstić information content (AvgIpc) is 3.90. The molecule has 67 heavy (non-hydrogen) atoms. The molecule has 0 N–H and O–H groups in total. The zero-order valence-corrected chi connectivity index (χ0v) is 38.8. The molecule has 8 aromatic carbocycles. The summed E-state index contributed by atoms with van der Waals surface area (Å²) in [5.74, 6) is 2.34. The Bertz CT molecular complexity index is 3540. The fourth-order valence-electron chi connectivity index (χ4n) is 9.47. The third kappa shape index (κ3) is 7.64. The lowest BCUT2D eigenvalue weighted by Gasteiger charge is -2.20. The molecule has 0 bridgehead atoms. The minimum atomic E-state index is -0.0220. The van der Waals surface area contributed by atoms with Gasteiger partial charge in [-0.1, -0.05) is 163 Å². The fraction of sp³-hybridized carbons (Fsp3) is 0.129. The second-order valence-corrected chi connectivity index (χ2v) is 19.5. The van der Waals surface area contributed by atoms with Crippen molar-refractivity contribution in [2.24, 2.45) is 0 Å². The number of benzene rings is 8. The molecule has 3 heterocycles. The average molecular weight is 869 g/mol. The maximum absolute atomic E-state index is 6.84. The molecule has 324 valence electrons. The molecule has 0 atom stereocenters. The van der Waals surface area contributed by atoms with Crippen molar-refractivity contribution in [2.45, 2.75) is 52.4 Å². The molecule has 2 aromatic heterocycles. The number of ether oxygens (including phenoxy) is 1. The summed E-state index contributed by atoms with van der Waals surface area (Å²) in [4.78, 5) is 4.90. The second kappa shape index (κ2) is 16.4. The van der Waals surface area contributed by atoms with E-state index in [9.17, 15) is 0 Å². The first-order valence-corrected chi connectivity index (χ1v) is 23.1. The molecule has 0 spiro atoms. The minimum Gasteiger partial charge on any atom is -0.457 e. The monoisotopic (exact) mass is 868 g/mol. The Labute approximate surface area is 392 Å². The first-order chi connectivity index (χ1) is 32.5. The Kier molecular flexibility index (Phi) is 10.2. The first-order valence-electron chi connectivity index (χ1n) is 23.1. The summed E-state index contributed by atoms with van der Waals surface area (Å²) in [5, 5.41) is 2.32. The SMILES string of the molecule is CC(C)(C)c1cccc(-c2cccc3c2[N+](c2c(-c4ccccc4)cccc2-c2ccccc2)=C=[N+]3c2cccc(Oc3ccc4c5ccccc5n(-c5cc(C(C)(C)C)ccn5)c4c3)c2)c1. The van der Waals surface area contributed by atoms with Crippen LogP contribution < -0.4 is 13.9 Å². The van der Waals surface area contributed by atoms with Gasteiger partial charge in [-0.2, -0.15) is 0 Å². The van der Waals surface area contributed by atoms with E-state index in [1.807, 2.05) is 12.3 Å². The van der Waals surface area contributed by atoms with E-state index in [1.54, 1.807) is 0 Å². The molecule has 5 nitrogen and oxygen atoms in total. The number of rotatable bonds is 8. The Hall–Kier alpha value is -8.11. The number of fused-ring (bicyclic) bond motifs is 4. The number of aromatic nitrogens is 2. The van der Waals surface area contributed by atoms with Gasteiger partial charge in [0, 0.05) is 35.2 Å². The highest BCUT2D eigenvalue weighted by Crippen LogP contribution is 2.49. The van der Waals surface area contributed by atoms with E-state index in [2.05, 4.69) is 255 Å². The molecule has 0 fully saturated rings. The molecule has 11 rings (SSSR count). The van der Waals surface area contributed by atoms with Gasteiger partial charge in [0.05, 0.1) is 33.8 Å². The van der Waals surface area contributed by atoms with Gasteiger partial charge < -0.3 is 4.74 Å². The molecule has 0 amide bonds. The van der Waals surface area contributed by atoms with Crippen LogP contribution in [0.1, 0.15) is 52.7 Å². The Morgan fingerprint density at radius 3 is 1.75 bits per heavy atom. The van der Waals surface area contributed by atoms with Gasteiger partial charge in [-0.15, -0.1) is 0 Å². The summed E-state index contributed by atoms with van der Waals surface area (Å²) < 4.78 is 13.6. The molecular weight excluding hydrogens is 817 g/mol. The van der Waals surface area contributed by atoms with Gasteiger partial charge in [0.15, 0.2) is 0 Å². The first kappa shape index (κ1) is 41.6. The van der Waals surface area contributed by atoms with Crippen molar-refractivity contribution >= 4 is 50.6 Å². The van der Waals surface area contributed by atoms with Gasteiger partial charge in [0.2, 0.25) is 11.4 Å².